The third-order valence-corrected chi connectivity index (χ3v) is 5.11. The van der Waals surface area contributed by atoms with E-state index in [0.717, 1.165) is 4.90 Å². The molecule has 148 valence electrons. The number of hydrogen-bond acceptors (Lipinski definition) is 6. The van der Waals surface area contributed by atoms with Crippen LogP contribution in [0.4, 0.5) is 5.69 Å². The van der Waals surface area contributed by atoms with Gasteiger partial charge in [-0.2, -0.15) is 5.10 Å². The van der Waals surface area contributed by atoms with Crippen LogP contribution in [-0.4, -0.2) is 22.8 Å². The number of carbonyl (C=O) groups is 1. The summed E-state index contributed by atoms with van der Waals surface area (Å²) in [6.07, 6.45) is 1.32. The number of benzene rings is 2. The van der Waals surface area contributed by atoms with Gasteiger partial charge in [0.1, 0.15) is 11.5 Å². The molecule has 0 aliphatic carbocycles. The van der Waals surface area contributed by atoms with Gasteiger partial charge in [-0.15, -0.1) is 11.8 Å². The fourth-order valence-corrected chi connectivity index (χ4v) is 3.29. The van der Waals surface area contributed by atoms with Gasteiger partial charge in [0.15, 0.2) is 0 Å². The first-order chi connectivity index (χ1) is 13.9. The first-order valence-corrected chi connectivity index (χ1v) is 9.91. The van der Waals surface area contributed by atoms with E-state index < -0.39 is 4.92 Å². The van der Waals surface area contributed by atoms with E-state index in [9.17, 15) is 14.9 Å². The molecule has 29 heavy (non-hydrogen) atoms. The predicted octanol–water partition coefficient (Wildman–Crippen LogP) is 5.40. The van der Waals surface area contributed by atoms with E-state index in [1.807, 2.05) is 12.1 Å². The molecule has 3 aromatic rings. The van der Waals surface area contributed by atoms with Gasteiger partial charge in [-0.1, -0.05) is 23.2 Å². The van der Waals surface area contributed by atoms with Crippen molar-refractivity contribution in [3.05, 3.63) is 80.5 Å². The highest BCUT2D eigenvalue weighted by atomic mass is 35.5. The zero-order valence-corrected chi connectivity index (χ0v) is 17.0. The van der Waals surface area contributed by atoms with Crippen molar-refractivity contribution in [2.24, 2.45) is 5.10 Å². The van der Waals surface area contributed by atoms with Gasteiger partial charge in [-0.25, -0.2) is 5.43 Å². The minimum absolute atomic E-state index is 0.164. The first-order valence-electron chi connectivity index (χ1n) is 8.17. The number of nitro groups is 1. The van der Waals surface area contributed by atoms with Gasteiger partial charge in [0.25, 0.3) is 5.69 Å². The molecule has 2 aromatic carbocycles. The number of furan rings is 1. The van der Waals surface area contributed by atoms with Gasteiger partial charge in [0.05, 0.1) is 22.5 Å². The molecule has 1 aromatic heterocycles. The van der Waals surface area contributed by atoms with Crippen LogP contribution in [0.15, 0.2) is 69.0 Å². The normalized spacial score (nSPS) is 11.0. The van der Waals surface area contributed by atoms with Gasteiger partial charge < -0.3 is 4.42 Å². The number of rotatable bonds is 7. The summed E-state index contributed by atoms with van der Waals surface area (Å²) >= 11 is 13.0. The quantitative estimate of drug-likeness (QED) is 0.225. The summed E-state index contributed by atoms with van der Waals surface area (Å²) in [6, 6.07) is 14.6. The molecule has 1 heterocycles. The van der Waals surface area contributed by atoms with Crippen LogP contribution in [0.25, 0.3) is 11.3 Å². The Balaban J connectivity index is 1.59. The Kier molecular flexibility index (Phi) is 6.92. The summed E-state index contributed by atoms with van der Waals surface area (Å²) in [5, 5.41) is 15.9. The van der Waals surface area contributed by atoms with E-state index in [4.69, 9.17) is 27.6 Å². The SMILES string of the molecule is O=C(CSc1ccc(Cl)cc1)N/N=C\c1ccc(-c2ccc(Cl)cc2[N+](=O)[O-])o1. The molecule has 1 amide bonds. The fraction of sp³-hybridized carbons (Fsp3) is 0.0526. The van der Waals surface area contributed by atoms with Crippen molar-refractivity contribution in [2.45, 2.75) is 4.90 Å². The number of halogens is 2. The standard InChI is InChI=1S/C19H13Cl2N3O4S/c20-12-1-5-15(6-2-12)29-11-19(25)23-22-10-14-4-8-18(28-14)16-7-3-13(21)9-17(16)24(26)27/h1-10H,11H2,(H,23,25)/b22-10-. The average molecular weight is 450 g/mol. The molecular formula is C19H13Cl2N3O4S. The van der Waals surface area contributed by atoms with Gasteiger partial charge in [-0.05, 0) is 48.5 Å². The zero-order chi connectivity index (χ0) is 20.8. The smallest absolute Gasteiger partial charge is 0.281 e. The third-order valence-electron chi connectivity index (χ3n) is 3.61. The van der Waals surface area contributed by atoms with E-state index in [-0.39, 0.29) is 22.4 Å². The Hall–Kier alpha value is -2.81. The lowest BCUT2D eigenvalue weighted by atomic mass is 10.1. The van der Waals surface area contributed by atoms with Crippen molar-refractivity contribution >= 4 is 52.8 Å². The number of thioether (sulfide) groups is 1. The molecule has 7 nitrogen and oxygen atoms in total. The maximum absolute atomic E-state index is 11.9. The van der Waals surface area contributed by atoms with Crippen LogP contribution in [0.2, 0.25) is 10.0 Å². The molecule has 0 aliphatic heterocycles. The predicted molar refractivity (Wildman–Crippen MR) is 114 cm³/mol. The number of amides is 1. The van der Waals surface area contributed by atoms with Crippen LogP contribution in [0.5, 0.6) is 0 Å². The van der Waals surface area contributed by atoms with Crippen LogP contribution in [0.1, 0.15) is 5.76 Å². The largest absolute Gasteiger partial charge is 0.455 e. The lowest BCUT2D eigenvalue weighted by Crippen LogP contribution is -2.19. The van der Waals surface area contributed by atoms with Crippen molar-refractivity contribution in [3.8, 4) is 11.3 Å². The van der Waals surface area contributed by atoms with Gasteiger partial charge in [0, 0.05) is 21.0 Å². The van der Waals surface area contributed by atoms with Crippen LogP contribution in [0.3, 0.4) is 0 Å². The minimum atomic E-state index is -0.532. The number of carbonyl (C=O) groups excluding carboxylic acids is 1. The topological polar surface area (TPSA) is 97.7 Å². The first kappa shape index (κ1) is 20.9. The maximum atomic E-state index is 11.9. The Labute approximate surface area is 179 Å². The van der Waals surface area contributed by atoms with Crippen molar-refractivity contribution < 1.29 is 14.1 Å². The Morgan fingerprint density at radius 2 is 1.86 bits per heavy atom. The number of hydrogen-bond donors (Lipinski definition) is 1. The van der Waals surface area contributed by atoms with Crippen LogP contribution in [-0.2, 0) is 4.79 Å². The number of nitrogens with zero attached hydrogens (tertiary/aromatic N) is 2. The van der Waals surface area contributed by atoms with E-state index in [0.29, 0.717) is 22.1 Å². The summed E-state index contributed by atoms with van der Waals surface area (Å²) in [5.41, 5.74) is 2.53. The van der Waals surface area contributed by atoms with Gasteiger partial charge in [0.2, 0.25) is 5.91 Å². The second-order valence-corrected chi connectivity index (χ2v) is 7.58. The Morgan fingerprint density at radius 1 is 1.14 bits per heavy atom. The number of nitrogens with one attached hydrogen (secondary N) is 1. The van der Waals surface area contributed by atoms with Gasteiger partial charge >= 0.3 is 0 Å². The monoisotopic (exact) mass is 449 g/mol. The lowest BCUT2D eigenvalue weighted by molar-refractivity contribution is -0.384. The van der Waals surface area contributed by atoms with Crippen molar-refractivity contribution in [2.75, 3.05) is 5.75 Å². The van der Waals surface area contributed by atoms with Crippen molar-refractivity contribution in [1.82, 2.24) is 5.43 Å². The number of nitro benzene ring substituents is 1. The highest BCUT2D eigenvalue weighted by Crippen LogP contribution is 2.33. The summed E-state index contributed by atoms with van der Waals surface area (Å²) < 4.78 is 5.56. The average Bonchev–Trinajstić information content (AvgIpc) is 3.16. The molecule has 0 saturated carbocycles. The van der Waals surface area contributed by atoms with Crippen LogP contribution < -0.4 is 5.43 Å². The van der Waals surface area contributed by atoms with E-state index in [2.05, 4.69) is 10.5 Å². The number of hydrazone groups is 1. The van der Waals surface area contributed by atoms with Crippen molar-refractivity contribution in [3.63, 3.8) is 0 Å². The second-order valence-electron chi connectivity index (χ2n) is 5.66. The maximum Gasteiger partial charge on any atom is 0.281 e. The van der Waals surface area contributed by atoms with Gasteiger partial charge in [-0.3, -0.25) is 14.9 Å². The molecule has 0 aliphatic rings. The molecule has 0 atom stereocenters. The molecule has 10 heteroatoms. The summed E-state index contributed by atoms with van der Waals surface area (Å²) in [5.74, 6) is 0.509. The van der Waals surface area contributed by atoms with E-state index >= 15 is 0 Å². The summed E-state index contributed by atoms with van der Waals surface area (Å²) in [7, 11) is 0. The lowest BCUT2D eigenvalue weighted by Gasteiger charge is -2.01. The molecular weight excluding hydrogens is 437 g/mol. The molecule has 0 unspecified atom stereocenters. The van der Waals surface area contributed by atoms with Crippen molar-refractivity contribution in [1.29, 1.82) is 0 Å². The second kappa shape index (κ2) is 9.60. The third kappa shape index (κ3) is 5.83. The van der Waals surface area contributed by atoms with E-state index in [1.165, 1.54) is 30.1 Å². The molecule has 0 spiro atoms. The molecule has 3 rings (SSSR count). The molecule has 0 fully saturated rings. The molecule has 0 bridgehead atoms. The Morgan fingerprint density at radius 3 is 2.59 bits per heavy atom. The molecule has 0 saturated heterocycles. The molecule has 1 N–H and O–H groups in total. The Bertz CT molecular complexity index is 1070. The van der Waals surface area contributed by atoms with Crippen LogP contribution in [0, 0.1) is 10.1 Å². The zero-order valence-electron chi connectivity index (χ0n) is 14.7. The van der Waals surface area contributed by atoms with Crippen LogP contribution >= 0.6 is 35.0 Å². The highest BCUT2D eigenvalue weighted by molar-refractivity contribution is 8.00. The summed E-state index contributed by atoms with van der Waals surface area (Å²) in [6.45, 7) is 0. The molecule has 0 radical (unpaired) electrons. The fourth-order valence-electron chi connectivity index (χ4n) is 2.31. The minimum Gasteiger partial charge on any atom is -0.455 e. The van der Waals surface area contributed by atoms with E-state index in [1.54, 1.807) is 30.3 Å². The summed E-state index contributed by atoms with van der Waals surface area (Å²) in [4.78, 5) is 23.4. The highest BCUT2D eigenvalue weighted by Gasteiger charge is 2.18.